The first kappa shape index (κ1) is 19.4. The number of halogens is 3. The number of hydrogen-bond acceptors (Lipinski definition) is 4. The molecule has 0 saturated heterocycles. The van der Waals surface area contributed by atoms with Gasteiger partial charge in [-0.05, 0) is 31.2 Å². The molecule has 1 N–H and O–H groups in total. The molecule has 0 aliphatic carbocycles. The van der Waals surface area contributed by atoms with Gasteiger partial charge in [-0.25, -0.2) is 9.78 Å². The maximum Gasteiger partial charge on any atom is 0.416 e. The zero-order valence-electron chi connectivity index (χ0n) is 15.1. The van der Waals surface area contributed by atoms with E-state index in [1.165, 1.54) is 36.5 Å². The number of aryl methyl sites for hydroxylation is 1. The number of hydrogen-bond donors (Lipinski definition) is 1. The number of nitrogens with zero attached hydrogens (tertiary/aromatic N) is 4. The molecule has 0 aliphatic rings. The van der Waals surface area contributed by atoms with Crippen molar-refractivity contribution >= 4 is 22.8 Å². The molecule has 2 heterocycles. The van der Waals surface area contributed by atoms with Gasteiger partial charge < -0.3 is 9.88 Å². The lowest BCUT2D eigenvalue weighted by Crippen LogP contribution is -2.38. The summed E-state index contributed by atoms with van der Waals surface area (Å²) < 4.78 is 41.3. The summed E-state index contributed by atoms with van der Waals surface area (Å²) in [6.45, 7) is 1.51. The molecule has 11 heteroatoms. The molecule has 0 radical (unpaired) electrons. The largest absolute Gasteiger partial charge is 0.416 e. The van der Waals surface area contributed by atoms with E-state index < -0.39 is 34.9 Å². The van der Waals surface area contributed by atoms with Crippen molar-refractivity contribution in [2.45, 2.75) is 19.1 Å². The third kappa shape index (κ3) is 3.19. The van der Waals surface area contributed by atoms with Crippen LogP contribution < -0.4 is 16.6 Å². The Balaban J connectivity index is 1.92. The molecule has 1 amide bonds. The fraction of sp³-hybridized carbons (Fsp3) is 0.294. The average Bonchev–Trinajstić information content (AvgIpc) is 3.08. The molecular weight excluding hydrogens is 379 g/mol. The van der Waals surface area contributed by atoms with E-state index in [4.69, 9.17) is 0 Å². The summed E-state index contributed by atoms with van der Waals surface area (Å²) in [5.74, 6) is -0.560. The number of anilines is 1. The van der Waals surface area contributed by atoms with Crippen LogP contribution in [0.15, 0.2) is 40.2 Å². The topological polar surface area (TPSA) is 90.9 Å². The number of fused-ring (bicyclic) bond motifs is 1. The molecule has 3 rings (SSSR count). The van der Waals surface area contributed by atoms with Crippen LogP contribution in [0.4, 0.5) is 18.9 Å². The molecule has 0 aliphatic heterocycles. The van der Waals surface area contributed by atoms with Crippen LogP contribution in [0, 0.1) is 0 Å². The molecule has 1 unspecified atom stereocenters. The van der Waals surface area contributed by atoms with Gasteiger partial charge in [-0.15, -0.1) is 0 Å². The molecule has 1 atom stereocenters. The summed E-state index contributed by atoms with van der Waals surface area (Å²) in [5.41, 5.74) is -1.62. The van der Waals surface area contributed by atoms with E-state index in [1.807, 2.05) is 0 Å². The second-order valence-corrected chi connectivity index (χ2v) is 6.27. The number of carbonyl (C=O) groups excluding carboxylic acids is 1. The molecule has 2 aromatic heterocycles. The lowest BCUT2D eigenvalue weighted by Gasteiger charge is -2.15. The third-order valence-corrected chi connectivity index (χ3v) is 4.45. The fourth-order valence-corrected chi connectivity index (χ4v) is 2.77. The van der Waals surface area contributed by atoms with Crippen molar-refractivity contribution in [3.05, 3.63) is 57.0 Å². The molecule has 0 spiro atoms. The zero-order valence-corrected chi connectivity index (χ0v) is 15.1. The molecule has 0 bridgehead atoms. The molecule has 8 nitrogen and oxygen atoms in total. The van der Waals surface area contributed by atoms with Crippen LogP contribution in [0.1, 0.15) is 18.5 Å². The zero-order chi connectivity index (χ0) is 20.8. The van der Waals surface area contributed by atoms with Gasteiger partial charge in [-0.2, -0.15) is 13.2 Å². The number of benzene rings is 1. The normalized spacial score (nSPS) is 12.9. The Morgan fingerprint density at radius 2 is 1.71 bits per heavy atom. The molecule has 0 fully saturated rings. The third-order valence-electron chi connectivity index (χ3n) is 4.45. The minimum Gasteiger partial charge on any atom is -0.324 e. The Bertz CT molecular complexity index is 1170. The standard InChI is InChI=1S/C17H16F3N5O3/c1-9(14(26)22-11-6-4-10(5-7-11)17(18,19)20)25-8-21-13-12(25)15(27)24(3)16(28)23(13)2/h4-9H,1-3H3,(H,22,26). The van der Waals surface area contributed by atoms with E-state index in [2.05, 4.69) is 10.3 Å². The van der Waals surface area contributed by atoms with Gasteiger partial charge in [-0.3, -0.25) is 18.7 Å². The highest BCUT2D eigenvalue weighted by Gasteiger charge is 2.30. The molecule has 148 valence electrons. The van der Waals surface area contributed by atoms with Crippen LogP contribution in [-0.2, 0) is 25.1 Å². The van der Waals surface area contributed by atoms with E-state index in [1.54, 1.807) is 0 Å². The van der Waals surface area contributed by atoms with Gasteiger partial charge in [0.05, 0.1) is 11.9 Å². The second kappa shape index (κ2) is 6.66. The van der Waals surface area contributed by atoms with Crippen LogP contribution in [0.3, 0.4) is 0 Å². The number of carbonyl (C=O) groups is 1. The van der Waals surface area contributed by atoms with Crippen molar-refractivity contribution in [1.82, 2.24) is 18.7 Å². The number of rotatable bonds is 3. The highest BCUT2D eigenvalue weighted by molar-refractivity contribution is 5.94. The van der Waals surface area contributed by atoms with Gasteiger partial charge >= 0.3 is 11.9 Å². The minimum atomic E-state index is -4.47. The Hall–Kier alpha value is -3.37. The Morgan fingerprint density at radius 1 is 1.11 bits per heavy atom. The minimum absolute atomic E-state index is 0.0691. The van der Waals surface area contributed by atoms with Crippen molar-refractivity contribution in [3.63, 3.8) is 0 Å². The quantitative estimate of drug-likeness (QED) is 0.730. The van der Waals surface area contributed by atoms with Crippen LogP contribution >= 0.6 is 0 Å². The first-order valence-electron chi connectivity index (χ1n) is 8.13. The number of alkyl halides is 3. The maximum atomic E-state index is 12.6. The van der Waals surface area contributed by atoms with Gasteiger partial charge in [-0.1, -0.05) is 0 Å². The highest BCUT2D eigenvalue weighted by atomic mass is 19.4. The van der Waals surface area contributed by atoms with E-state index >= 15 is 0 Å². The van der Waals surface area contributed by atoms with E-state index in [0.717, 1.165) is 28.8 Å². The Labute approximate surface area is 155 Å². The molecule has 3 aromatic rings. The summed E-state index contributed by atoms with van der Waals surface area (Å²) in [6, 6.07) is 3.10. The average molecular weight is 395 g/mol. The summed E-state index contributed by atoms with van der Waals surface area (Å²) in [5, 5.41) is 2.50. The van der Waals surface area contributed by atoms with Crippen molar-refractivity contribution < 1.29 is 18.0 Å². The van der Waals surface area contributed by atoms with Crippen molar-refractivity contribution in [1.29, 1.82) is 0 Å². The van der Waals surface area contributed by atoms with Crippen molar-refractivity contribution in [2.24, 2.45) is 14.1 Å². The second-order valence-electron chi connectivity index (χ2n) is 6.27. The van der Waals surface area contributed by atoms with Gasteiger partial charge in [0.15, 0.2) is 11.2 Å². The molecule has 1 aromatic carbocycles. The summed E-state index contributed by atoms with van der Waals surface area (Å²) in [4.78, 5) is 41.0. The van der Waals surface area contributed by atoms with Crippen LogP contribution in [-0.4, -0.2) is 24.6 Å². The van der Waals surface area contributed by atoms with E-state index in [9.17, 15) is 27.6 Å². The Morgan fingerprint density at radius 3 is 2.29 bits per heavy atom. The van der Waals surface area contributed by atoms with E-state index in [-0.39, 0.29) is 16.9 Å². The molecule has 28 heavy (non-hydrogen) atoms. The van der Waals surface area contributed by atoms with Crippen LogP contribution in [0.5, 0.6) is 0 Å². The first-order valence-corrected chi connectivity index (χ1v) is 8.13. The number of amides is 1. The number of nitrogens with one attached hydrogen (secondary N) is 1. The van der Waals surface area contributed by atoms with Crippen molar-refractivity contribution in [2.75, 3.05) is 5.32 Å². The molecular formula is C17H16F3N5O3. The van der Waals surface area contributed by atoms with E-state index in [0.29, 0.717) is 0 Å². The highest BCUT2D eigenvalue weighted by Crippen LogP contribution is 2.30. The maximum absolute atomic E-state index is 12.6. The van der Waals surface area contributed by atoms with Gasteiger partial charge in [0, 0.05) is 19.8 Å². The van der Waals surface area contributed by atoms with Crippen LogP contribution in [0.2, 0.25) is 0 Å². The number of imidazole rings is 1. The van der Waals surface area contributed by atoms with Gasteiger partial charge in [0.25, 0.3) is 5.56 Å². The monoisotopic (exact) mass is 395 g/mol. The smallest absolute Gasteiger partial charge is 0.324 e. The van der Waals surface area contributed by atoms with Gasteiger partial charge in [0.1, 0.15) is 6.04 Å². The number of aromatic nitrogens is 4. The summed E-state index contributed by atoms with van der Waals surface area (Å²) >= 11 is 0. The van der Waals surface area contributed by atoms with Crippen LogP contribution in [0.25, 0.3) is 11.2 Å². The summed E-state index contributed by atoms with van der Waals surface area (Å²) in [6.07, 6.45) is -3.20. The van der Waals surface area contributed by atoms with Crippen molar-refractivity contribution in [3.8, 4) is 0 Å². The van der Waals surface area contributed by atoms with Gasteiger partial charge in [0.2, 0.25) is 5.91 Å². The predicted octanol–water partition coefficient (Wildman–Crippen LogP) is 1.65. The predicted molar refractivity (Wildman–Crippen MR) is 95.0 cm³/mol. The first-order chi connectivity index (χ1) is 13.0. The fourth-order valence-electron chi connectivity index (χ4n) is 2.77. The Kier molecular flexibility index (Phi) is 4.61. The summed E-state index contributed by atoms with van der Waals surface area (Å²) in [7, 11) is 2.77. The lowest BCUT2D eigenvalue weighted by molar-refractivity contribution is -0.137. The lowest BCUT2D eigenvalue weighted by atomic mass is 10.2. The SMILES string of the molecule is CC(C(=O)Nc1ccc(C(F)(F)F)cc1)n1cnc2c1c(=O)n(C)c(=O)n2C. The molecule has 0 saturated carbocycles.